The molecular formula is C24H25N3O4. The number of nitrogens with one attached hydrogen (secondary N) is 1. The number of carbonyl (C=O) groups excluding carboxylic acids is 2. The molecule has 0 bridgehead atoms. The molecule has 0 aliphatic heterocycles. The monoisotopic (exact) mass is 419 g/mol. The molecule has 1 N–H and O–H groups in total. The zero-order valence-electron chi connectivity index (χ0n) is 17.8. The maximum Gasteiger partial charge on any atom is 0.257 e. The molecule has 0 saturated carbocycles. The van der Waals surface area contributed by atoms with Crippen molar-refractivity contribution in [3.63, 3.8) is 0 Å². The maximum atomic E-state index is 12.7. The van der Waals surface area contributed by atoms with Crippen LogP contribution < -0.4 is 14.8 Å². The summed E-state index contributed by atoms with van der Waals surface area (Å²) in [7, 11) is 1.52. The average Bonchev–Trinajstić information content (AvgIpc) is 3.18. The van der Waals surface area contributed by atoms with Crippen molar-refractivity contribution in [1.82, 2.24) is 15.1 Å². The van der Waals surface area contributed by atoms with E-state index >= 15 is 0 Å². The minimum Gasteiger partial charge on any atom is -0.493 e. The number of ketones is 1. The van der Waals surface area contributed by atoms with E-state index in [-0.39, 0.29) is 18.3 Å². The summed E-state index contributed by atoms with van der Waals surface area (Å²) in [5.74, 6) is 0.588. The molecule has 1 aromatic heterocycles. The lowest BCUT2D eigenvalue weighted by Crippen LogP contribution is -2.28. The largest absolute Gasteiger partial charge is 0.493 e. The number of methoxy groups -OCH3 is 1. The Labute approximate surface area is 181 Å². The van der Waals surface area contributed by atoms with Crippen molar-refractivity contribution in [3.8, 4) is 17.2 Å². The first-order valence-electron chi connectivity index (χ1n) is 9.93. The number of amides is 1. The molecular weight excluding hydrogens is 394 g/mol. The number of benzene rings is 2. The Balaban J connectivity index is 1.72. The second-order valence-corrected chi connectivity index (χ2v) is 6.74. The van der Waals surface area contributed by atoms with E-state index in [0.29, 0.717) is 23.6 Å². The highest BCUT2D eigenvalue weighted by molar-refractivity contribution is 6.07. The van der Waals surface area contributed by atoms with Gasteiger partial charge in [0.05, 0.1) is 30.3 Å². The predicted molar refractivity (Wildman–Crippen MR) is 119 cm³/mol. The normalized spacial score (nSPS) is 10.8. The van der Waals surface area contributed by atoms with Crippen molar-refractivity contribution >= 4 is 17.8 Å². The number of rotatable bonds is 9. The van der Waals surface area contributed by atoms with Gasteiger partial charge in [-0.25, -0.2) is 4.68 Å². The quantitative estimate of drug-likeness (QED) is 0.423. The van der Waals surface area contributed by atoms with Crippen LogP contribution in [0.25, 0.3) is 11.8 Å². The van der Waals surface area contributed by atoms with Crippen molar-refractivity contribution in [2.45, 2.75) is 13.8 Å². The minimum atomic E-state index is -0.203. The summed E-state index contributed by atoms with van der Waals surface area (Å²) in [6.07, 6.45) is 4.79. The highest BCUT2D eigenvalue weighted by Gasteiger charge is 2.13. The van der Waals surface area contributed by atoms with Crippen LogP contribution in [-0.2, 0) is 4.79 Å². The Morgan fingerprint density at radius 1 is 1.13 bits per heavy atom. The van der Waals surface area contributed by atoms with Crippen molar-refractivity contribution < 1.29 is 19.1 Å². The number of carbonyl (C=O) groups is 2. The molecule has 0 atom stereocenters. The maximum absolute atomic E-state index is 12.7. The van der Waals surface area contributed by atoms with E-state index in [9.17, 15) is 9.59 Å². The first-order chi connectivity index (χ1) is 15.0. The molecule has 1 amide bonds. The van der Waals surface area contributed by atoms with Gasteiger partial charge in [-0.05, 0) is 49.8 Å². The Hall–Kier alpha value is -3.87. The molecule has 31 heavy (non-hydrogen) atoms. The second-order valence-electron chi connectivity index (χ2n) is 6.74. The topological polar surface area (TPSA) is 82.5 Å². The molecule has 0 aliphatic carbocycles. The van der Waals surface area contributed by atoms with Gasteiger partial charge in [0.1, 0.15) is 0 Å². The third kappa shape index (κ3) is 5.39. The van der Waals surface area contributed by atoms with Gasteiger partial charge in [-0.15, -0.1) is 0 Å². The molecule has 0 spiro atoms. The van der Waals surface area contributed by atoms with Crippen LogP contribution in [0.1, 0.15) is 28.5 Å². The second kappa shape index (κ2) is 10.2. The molecule has 7 nitrogen and oxygen atoms in total. The number of para-hydroxylation sites is 1. The number of likely N-dealkylation sites (N-methyl/N-ethyl adjacent to an activating group) is 1. The van der Waals surface area contributed by atoms with Gasteiger partial charge in [-0.3, -0.25) is 9.59 Å². The molecule has 7 heteroatoms. The number of nitrogens with zero attached hydrogens (tertiary/aromatic N) is 2. The Kier molecular flexibility index (Phi) is 7.22. The van der Waals surface area contributed by atoms with Gasteiger partial charge in [0, 0.05) is 6.54 Å². The van der Waals surface area contributed by atoms with Gasteiger partial charge in [-0.2, -0.15) is 5.10 Å². The van der Waals surface area contributed by atoms with Gasteiger partial charge in [0.15, 0.2) is 23.9 Å². The van der Waals surface area contributed by atoms with Crippen LogP contribution in [-0.4, -0.2) is 41.7 Å². The predicted octanol–water partition coefficient (Wildman–Crippen LogP) is 3.60. The summed E-state index contributed by atoms with van der Waals surface area (Å²) >= 11 is 0. The fourth-order valence-corrected chi connectivity index (χ4v) is 3.04. The van der Waals surface area contributed by atoms with Gasteiger partial charge < -0.3 is 14.8 Å². The summed E-state index contributed by atoms with van der Waals surface area (Å²) < 4.78 is 12.6. The molecule has 1 heterocycles. The van der Waals surface area contributed by atoms with Crippen LogP contribution in [0.2, 0.25) is 0 Å². The van der Waals surface area contributed by atoms with Crippen molar-refractivity contribution in [3.05, 3.63) is 77.6 Å². The van der Waals surface area contributed by atoms with E-state index in [1.165, 1.54) is 13.2 Å². The highest BCUT2D eigenvalue weighted by atomic mass is 16.5. The van der Waals surface area contributed by atoms with Crippen LogP contribution in [0, 0.1) is 6.92 Å². The Morgan fingerprint density at radius 2 is 1.90 bits per heavy atom. The third-order valence-electron chi connectivity index (χ3n) is 4.62. The van der Waals surface area contributed by atoms with Gasteiger partial charge >= 0.3 is 0 Å². The van der Waals surface area contributed by atoms with E-state index in [1.54, 1.807) is 35.2 Å². The smallest absolute Gasteiger partial charge is 0.257 e. The SMILES string of the molecule is CCNC(=O)COc1ccc(C=CC(=O)c2cnn(-c3ccccc3)c2C)cc1OC. The molecule has 3 aromatic rings. The minimum absolute atomic E-state index is 0.0947. The van der Waals surface area contributed by atoms with Crippen LogP contribution >= 0.6 is 0 Å². The van der Waals surface area contributed by atoms with Gasteiger partial charge in [-0.1, -0.05) is 30.3 Å². The number of hydrogen-bond acceptors (Lipinski definition) is 5. The van der Waals surface area contributed by atoms with Crippen molar-refractivity contribution in [1.29, 1.82) is 0 Å². The molecule has 0 aliphatic rings. The zero-order chi connectivity index (χ0) is 22.2. The fraction of sp³-hybridized carbons (Fsp3) is 0.208. The zero-order valence-corrected chi connectivity index (χ0v) is 17.8. The molecule has 0 unspecified atom stereocenters. The van der Waals surface area contributed by atoms with Crippen LogP contribution in [0.15, 0.2) is 60.8 Å². The molecule has 0 fully saturated rings. The van der Waals surface area contributed by atoms with E-state index in [0.717, 1.165) is 16.9 Å². The number of hydrogen-bond donors (Lipinski definition) is 1. The van der Waals surface area contributed by atoms with Crippen molar-refractivity contribution in [2.24, 2.45) is 0 Å². The van der Waals surface area contributed by atoms with Crippen LogP contribution in [0.4, 0.5) is 0 Å². The molecule has 160 valence electrons. The first kappa shape index (κ1) is 21.8. The Bertz CT molecular complexity index is 1090. The Morgan fingerprint density at radius 3 is 2.61 bits per heavy atom. The van der Waals surface area contributed by atoms with Crippen LogP contribution in [0.3, 0.4) is 0 Å². The van der Waals surface area contributed by atoms with Gasteiger partial charge in [0.2, 0.25) is 0 Å². The van der Waals surface area contributed by atoms with E-state index in [4.69, 9.17) is 9.47 Å². The van der Waals surface area contributed by atoms with Gasteiger partial charge in [0.25, 0.3) is 5.91 Å². The lowest BCUT2D eigenvalue weighted by Gasteiger charge is -2.11. The van der Waals surface area contributed by atoms with Crippen LogP contribution in [0.5, 0.6) is 11.5 Å². The summed E-state index contributed by atoms with van der Waals surface area (Å²) in [4.78, 5) is 24.3. The third-order valence-corrected chi connectivity index (χ3v) is 4.62. The van der Waals surface area contributed by atoms with E-state index in [2.05, 4.69) is 10.4 Å². The summed E-state index contributed by atoms with van der Waals surface area (Å²) in [5, 5.41) is 7.01. The molecule has 3 rings (SSSR count). The molecule has 2 aromatic carbocycles. The lowest BCUT2D eigenvalue weighted by atomic mass is 10.1. The van der Waals surface area contributed by atoms with E-state index < -0.39 is 0 Å². The summed E-state index contributed by atoms with van der Waals surface area (Å²) in [6.45, 7) is 4.16. The lowest BCUT2D eigenvalue weighted by molar-refractivity contribution is -0.123. The molecule has 0 radical (unpaired) electrons. The molecule has 0 saturated heterocycles. The fourth-order valence-electron chi connectivity index (χ4n) is 3.04. The highest BCUT2D eigenvalue weighted by Crippen LogP contribution is 2.28. The average molecular weight is 419 g/mol. The number of aromatic nitrogens is 2. The summed E-state index contributed by atoms with van der Waals surface area (Å²) in [6, 6.07) is 14.9. The van der Waals surface area contributed by atoms with Crippen molar-refractivity contribution in [2.75, 3.05) is 20.3 Å². The summed E-state index contributed by atoms with van der Waals surface area (Å²) in [5.41, 5.74) is 2.97. The number of ether oxygens (including phenoxy) is 2. The number of allylic oxidation sites excluding steroid dienone is 1. The first-order valence-corrected chi connectivity index (χ1v) is 9.93. The standard InChI is InChI=1S/C24H25N3O4/c1-4-25-24(29)16-31-22-13-11-18(14-23(22)30-3)10-12-21(28)20-15-26-27(17(20)2)19-8-6-5-7-9-19/h5-15H,4,16H2,1-3H3,(H,25,29). The van der Waals surface area contributed by atoms with E-state index in [1.807, 2.05) is 44.2 Å².